The highest BCUT2D eigenvalue weighted by molar-refractivity contribution is 5.81. The van der Waals surface area contributed by atoms with Gasteiger partial charge in [-0.25, -0.2) is 0 Å². The van der Waals surface area contributed by atoms with Crippen LogP contribution in [0.2, 0.25) is 0 Å². The van der Waals surface area contributed by atoms with Gasteiger partial charge in [0.2, 0.25) is 11.8 Å². The number of nitrogens with zero attached hydrogens (tertiary/aromatic N) is 2. The van der Waals surface area contributed by atoms with Crippen molar-refractivity contribution in [2.45, 2.75) is 38.5 Å². The molecule has 1 aliphatic heterocycles. The second kappa shape index (κ2) is 7.78. The smallest absolute Gasteiger partial charge is 0.225 e. The molecule has 120 valence electrons. The Bertz CT molecular complexity index is 357. The molecule has 2 amide bonds. The van der Waals surface area contributed by atoms with Crippen LogP contribution in [0.3, 0.4) is 0 Å². The molecule has 0 bridgehead atoms. The molecule has 0 aromatic carbocycles. The predicted octanol–water partition coefficient (Wildman–Crippen LogP) is 1.09. The molecule has 5 heteroatoms. The van der Waals surface area contributed by atoms with Gasteiger partial charge in [0.05, 0.1) is 0 Å². The highest BCUT2D eigenvalue weighted by Crippen LogP contribution is 2.31. The standard InChI is InChI=1S/C16H29N3O2/c1-18(2)12-9-17-15(20)13-5-7-14(8-6-13)16(21)19-10-3-4-11-19/h13-14H,3-12H2,1-2H3,(H,17,20). The number of rotatable bonds is 5. The summed E-state index contributed by atoms with van der Waals surface area (Å²) < 4.78 is 0. The minimum atomic E-state index is 0.106. The van der Waals surface area contributed by atoms with E-state index in [0.29, 0.717) is 12.5 Å². The summed E-state index contributed by atoms with van der Waals surface area (Å²) in [5.74, 6) is 0.770. The Morgan fingerprint density at radius 3 is 2.19 bits per heavy atom. The lowest BCUT2D eigenvalue weighted by atomic mass is 9.81. The molecule has 2 rings (SSSR count). The number of carbonyl (C=O) groups is 2. The quantitative estimate of drug-likeness (QED) is 0.826. The van der Waals surface area contributed by atoms with Gasteiger partial charge in [-0.1, -0.05) is 0 Å². The SMILES string of the molecule is CN(C)CCNC(=O)C1CCC(C(=O)N2CCCC2)CC1. The number of likely N-dealkylation sites (N-methyl/N-ethyl adjacent to an activating group) is 1. The fraction of sp³-hybridized carbons (Fsp3) is 0.875. The first-order valence-corrected chi connectivity index (χ1v) is 8.29. The lowest BCUT2D eigenvalue weighted by Gasteiger charge is -2.30. The third-order valence-corrected chi connectivity index (χ3v) is 4.72. The molecule has 2 fully saturated rings. The van der Waals surface area contributed by atoms with Crippen molar-refractivity contribution >= 4 is 11.8 Å². The van der Waals surface area contributed by atoms with E-state index in [0.717, 1.165) is 58.2 Å². The maximum absolute atomic E-state index is 12.3. The van der Waals surface area contributed by atoms with E-state index in [1.54, 1.807) is 0 Å². The average molecular weight is 295 g/mol. The summed E-state index contributed by atoms with van der Waals surface area (Å²) in [6, 6.07) is 0. The Hall–Kier alpha value is -1.10. The summed E-state index contributed by atoms with van der Waals surface area (Å²) in [4.78, 5) is 28.5. The van der Waals surface area contributed by atoms with Crippen LogP contribution in [-0.2, 0) is 9.59 Å². The van der Waals surface area contributed by atoms with E-state index in [1.165, 1.54) is 0 Å². The maximum Gasteiger partial charge on any atom is 0.225 e. The normalized spacial score (nSPS) is 26.1. The van der Waals surface area contributed by atoms with Crippen LogP contribution >= 0.6 is 0 Å². The van der Waals surface area contributed by atoms with Gasteiger partial charge in [0.15, 0.2) is 0 Å². The molecule has 2 aliphatic rings. The zero-order chi connectivity index (χ0) is 15.2. The van der Waals surface area contributed by atoms with Crippen LogP contribution in [-0.4, -0.2) is 61.9 Å². The predicted molar refractivity (Wildman–Crippen MR) is 82.8 cm³/mol. The average Bonchev–Trinajstić information content (AvgIpc) is 3.00. The number of hydrogen-bond donors (Lipinski definition) is 1. The van der Waals surface area contributed by atoms with Crippen LogP contribution in [0.25, 0.3) is 0 Å². The van der Waals surface area contributed by atoms with Crippen molar-refractivity contribution in [1.29, 1.82) is 0 Å². The second-order valence-corrected chi connectivity index (χ2v) is 6.68. The number of amides is 2. The molecule has 0 radical (unpaired) electrons. The Balaban J connectivity index is 1.69. The van der Waals surface area contributed by atoms with Gasteiger partial charge in [0, 0.05) is 38.0 Å². The monoisotopic (exact) mass is 295 g/mol. The highest BCUT2D eigenvalue weighted by Gasteiger charge is 2.32. The fourth-order valence-corrected chi connectivity index (χ4v) is 3.35. The molecule has 1 saturated heterocycles. The van der Waals surface area contributed by atoms with E-state index in [2.05, 4.69) is 10.2 Å². The molecule has 1 heterocycles. The van der Waals surface area contributed by atoms with Crippen molar-refractivity contribution in [3.8, 4) is 0 Å². The fourth-order valence-electron chi connectivity index (χ4n) is 3.35. The zero-order valence-corrected chi connectivity index (χ0v) is 13.4. The molecular formula is C16H29N3O2. The molecule has 0 spiro atoms. The number of likely N-dealkylation sites (tertiary alicyclic amines) is 1. The highest BCUT2D eigenvalue weighted by atomic mass is 16.2. The Labute approximate surface area is 128 Å². The first-order valence-electron chi connectivity index (χ1n) is 8.29. The van der Waals surface area contributed by atoms with E-state index in [1.807, 2.05) is 19.0 Å². The molecule has 0 aromatic heterocycles. The van der Waals surface area contributed by atoms with Crippen LogP contribution in [0.4, 0.5) is 0 Å². The molecular weight excluding hydrogens is 266 g/mol. The summed E-state index contributed by atoms with van der Waals surface area (Å²) in [5, 5.41) is 3.01. The first kappa shape index (κ1) is 16.3. The lowest BCUT2D eigenvalue weighted by molar-refractivity contribution is -0.137. The van der Waals surface area contributed by atoms with Crippen molar-refractivity contribution in [2.24, 2.45) is 11.8 Å². The first-order chi connectivity index (χ1) is 10.1. The molecule has 0 aromatic rings. The summed E-state index contributed by atoms with van der Waals surface area (Å²) in [6.45, 7) is 3.45. The molecule has 0 unspecified atom stereocenters. The van der Waals surface area contributed by atoms with Crippen molar-refractivity contribution in [2.75, 3.05) is 40.3 Å². The van der Waals surface area contributed by atoms with Gasteiger partial charge in [0.25, 0.3) is 0 Å². The van der Waals surface area contributed by atoms with Gasteiger partial charge in [-0.2, -0.15) is 0 Å². The summed E-state index contributed by atoms with van der Waals surface area (Å²) in [7, 11) is 4.00. The molecule has 21 heavy (non-hydrogen) atoms. The van der Waals surface area contributed by atoms with Gasteiger partial charge < -0.3 is 15.1 Å². The molecule has 1 aliphatic carbocycles. The van der Waals surface area contributed by atoms with Crippen LogP contribution in [0.5, 0.6) is 0 Å². The van der Waals surface area contributed by atoms with Crippen molar-refractivity contribution < 1.29 is 9.59 Å². The van der Waals surface area contributed by atoms with Crippen molar-refractivity contribution in [1.82, 2.24) is 15.1 Å². The summed E-state index contributed by atoms with van der Waals surface area (Å²) >= 11 is 0. The number of hydrogen-bond acceptors (Lipinski definition) is 3. The van der Waals surface area contributed by atoms with E-state index in [-0.39, 0.29) is 17.7 Å². The van der Waals surface area contributed by atoms with Crippen LogP contribution in [0, 0.1) is 11.8 Å². The van der Waals surface area contributed by atoms with Crippen LogP contribution in [0.1, 0.15) is 38.5 Å². The van der Waals surface area contributed by atoms with E-state index in [9.17, 15) is 9.59 Å². The van der Waals surface area contributed by atoms with E-state index in [4.69, 9.17) is 0 Å². The molecule has 1 N–H and O–H groups in total. The molecule has 0 atom stereocenters. The zero-order valence-electron chi connectivity index (χ0n) is 13.4. The number of nitrogens with one attached hydrogen (secondary N) is 1. The molecule has 5 nitrogen and oxygen atoms in total. The Kier molecular flexibility index (Phi) is 6.03. The third kappa shape index (κ3) is 4.70. The largest absolute Gasteiger partial charge is 0.355 e. The van der Waals surface area contributed by atoms with Crippen molar-refractivity contribution in [3.63, 3.8) is 0 Å². The Morgan fingerprint density at radius 1 is 1.05 bits per heavy atom. The van der Waals surface area contributed by atoms with Crippen LogP contribution < -0.4 is 5.32 Å². The Morgan fingerprint density at radius 2 is 1.62 bits per heavy atom. The number of carbonyl (C=O) groups excluding carboxylic acids is 2. The minimum absolute atomic E-state index is 0.106. The van der Waals surface area contributed by atoms with Crippen molar-refractivity contribution in [3.05, 3.63) is 0 Å². The topological polar surface area (TPSA) is 52.7 Å². The minimum Gasteiger partial charge on any atom is -0.355 e. The van der Waals surface area contributed by atoms with Crippen LogP contribution in [0.15, 0.2) is 0 Å². The maximum atomic E-state index is 12.3. The molecule has 1 saturated carbocycles. The van der Waals surface area contributed by atoms with E-state index >= 15 is 0 Å². The van der Waals surface area contributed by atoms with Gasteiger partial charge >= 0.3 is 0 Å². The third-order valence-electron chi connectivity index (χ3n) is 4.72. The van der Waals surface area contributed by atoms with E-state index < -0.39 is 0 Å². The van der Waals surface area contributed by atoms with Gasteiger partial charge in [-0.15, -0.1) is 0 Å². The summed E-state index contributed by atoms with van der Waals surface area (Å²) in [6.07, 6.45) is 5.77. The lowest BCUT2D eigenvalue weighted by Crippen LogP contribution is -2.40. The second-order valence-electron chi connectivity index (χ2n) is 6.68. The van der Waals surface area contributed by atoms with Gasteiger partial charge in [-0.05, 0) is 52.6 Å². The van der Waals surface area contributed by atoms with Gasteiger partial charge in [0.1, 0.15) is 0 Å². The van der Waals surface area contributed by atoms with Gasteiger partial charge in [-0.3, -0.25) is 9.59 Å². The summed E-state index contributed by atoms with van der Waals surface area (Å²) in [5.41, 5.74) is 0.